The van der Waals surface area contributed by atoms with Gasteiger partial charge in [0.25, 0.3) is 5.91 Å². The van der Waals surface area contributed by atoms with Crippen molar-refractivity contribution in [2.24, 2.45) is 0 Å². The Morgan fingerprint density at radius 2 is 1.62 bits per heavy atom. The summed E-state index contributed by atoms with van der Waals surface area (Å²) in [7, 11) is 4.69. The van der Waals surface area contributed by atoms with Crippen molar-refractivity contribution in [3.8, 4) is 17.2 Å². The first kappa shape index (κ1) is 22.1. The second-order valence-electron chi connectivity index (χ2n) is 6.35. The normalized spacial score (nSPS) is 11.3. The van der Waals surface area contributed by atoms with Crippen LogP contribution in [0.5, 0.6) is 17.2 Å². The molecule has 0 saturated carbocycles. The molecule has 0 aromatic heterocycles. The molecule has 1 N–H and O–H groups in total. The van der Waals surface area contributed by atoms with Crippen molar-refractivity contribution < 1.29 is 28.5 Å². The summed E-state index contributed by atoms with van der Waals surface area (Å²) in [5, 5.41) is 2.75. The zero-order valence-corrected chi connectivity index (χ0v) is 17.2. The molecule has 0 aliphatic rings. The van der Waals surface area contributed by atoms with Crippen LogP contribution in [-0.2, 0) is 27.3 Å². The van der Waals surface area contributed by atoms with Gasteiger partial charge in [-0.1, -0.05) is 24.3 Å². The van der Waals surface area contributed by atoms with Crippen LogP contribution in [0.15, 0.2) is 42.5 Å². The van der Waals surface area contributed by atoms with Crippen molar-refractivity contribution in [3.05, 3.63) is 53.6 Å². The Hall–Kier alpha value is -3.22. The monoisotopic (exact) mass is 401 g/mol. The number of aryl methyl sites for hydroxylation is 1. The van der Waals surface area contributed by atoms with Crippen LogP contribution in [0.3, 0.4) is 0 Å². The van der Waals surface area contributed by atoms with Gasteiger partial charge in [-0.15, -0.1) is 0 Å². The first-order chi connectivity index (χ1) is 14.0. The molecule has 2 rings (SSSR count). The lowest BCUT2D eigenvalue weighted by Crippen LogP contribution is -2.35. The summed E-state index contributed by atoms with van der Waals surface area (Å²) < 4.78 is 20.9. The number of ether oxygens (including phenoxy) is 4. The van der Waals surface area contributed by atoms with Crippen LogP contribution in [0.25, 0.3) is 0 Å². The Bertz CT molecular complexity index is 836. The molecule has 1 amide bonds. The first-order valence-electron chi connectivity index (χ1n) is 9.28. The number of methoxy groups -OCH3 is 3. The summed E-state index contributed by atoms with van der Waals surface area (Å²) in [6, 6.07) is 12.9. The van der Waals surface area contributed by atoms with E-state index in [1.807, 2.05) is 30.3 Å². The Morgan fingerprint density at radius 1 is 0.931 bits per heavy atom. The molecule has 0 unspecified atom stereocenters. The molecule has 7 heteroatoms. The lowest BCUT2D eigenvalue weighted by atomic mass is 10.1. The van der Waals surface area contributed by atoms with Gasteiger partial charge in [-0.05, 0) is 42.7 Å². The summed E-state index contributed by atoms with van der Waals surface area (Å²) in [6.07, 6.45) is -0.253. The second-order valence-corrected chi connectivity index (χ2v) is 6.35. The van der Waals surface area contributed by atoms with Crippen LogP contribution in [0.4, 0.5) is 0 Å². The first-order valence-corrected chi connectivity index (χ1v) is 9.28. The maximum absolute atomic E-state index is 12.2. The van der Waals surface area contributed by atoms with Gasteiger partial charge in [-0.3, -0.25) is 9.59 Å². The molecule has 0 bridgehead atoms. The van der Waals surface area contributed by atoms with Gasteiger partial charge >= 0.3 is 5.97 Å². The highest BCUT2D eigenvalue weighted by atomic mass is 16.5. The molecule has 0 radical (unpaired) electrons. The Labute approximate surface area is 170 Å². The van der Waals surface area contributed by atoms with E-state index in [4.69, 9.17) is 18.9 Å². The number of para-hydroxylation sites is 1. The van der Waals surface area contributed by atoms with Crippen LogP contribution in [0, 0.1) is 0 Å². The van der Waals surface area contributed by atoms with E-state index in [1.165, 1.54) is 0 Å². The maximum Gasteiger partial charge on any atom is 0.306 e. The maximum atomic E-state index is 12.2. The quantitative estimate of drug-likeness (QED) is 0.617. The minimum atomic E-state index is -0.889. The van der Waals surface area contributed by atoms with E-state index in [0.29, 0.717) is 17.9 Å². The molecule has 2 aromatic rings. The van der Waals surface area contributed by atoms with Gasteiger partial charge in [0.1, 0.15) is 5.75 Å². The van der Waals surface area contributed by atoms with Crippen LogP contribution < -0.4 is 19.5 Å². The van der Waals surface area contributed by atoms with Crippen molar-refractivity contribution in [1.29, 1.82) is 0 Å². The van der Waals surface area contributed by atoms with Gasteiger partial charge < -0.3 is 24.3 Å². The molecular weight excluding hydrogens is 374 g/mol. The Morgan fingerprint density at radius 3 is 2.31 bits per heavy atom. The third kappa shape index (κ3) is 6.41. The van der Waals surface area contributed by atoms with E-state index in [0.717, 1.165) is 16.9 Å². The lowest BCUT2D eigenvalue weighted by molar-refractivity contribution is -0.154. The van der Waals surface area contributed by atoms with E-state index < -0.39 is 12.1 Å². The number of nitrogens with one attached hydrogen (secondary N) is 1. The third-order valence-electron chi connectivity index (χ3n) is 4.38. The minimum Gasteiger partial charge on any atom is -0.496 e. The summed E-state index contributed by atoms with van der Waals surface area (Å²) in [5.41, 5.74) is 1.75. The molecule has 0 spiro atoms. The van der Waals surface area contributed by atoms with E-state index in [1.54, 1.807) is 40.4 Å². The fraction of sp³-hybridized carbons (Fsp3) is 0.364. The number of hydrogen-bond donors (Lipinski definition) is 1. The molecular formula is C22H27NO6. The highest BCUT2D eigenvalue weighted by molar-refractivity contribution is 5.83. The number of benzene rings is 2. The SMILES string of the molecule is COc1ccccc1CCC(=O)O[C@H](C)C(=O)NCc1ccc(OC)c(OC)c1. The lowest BCUT2D eigenvalue weighted by Gasteiger charge is -2.15. The van der Waals surface area contributed by atoms with E-state index in [2.05, 4.69) is 5.32 Å². The van der Waals surface area contributed by atoms with Crippen molar-refractivity contribution in [2.45, 2.75) is 32.4 Å². The van der Waals surface area contributed by atoms with Gasteiger partial charge in [0.2, 0.25) is 0 Å². The van der Waals surface area contributed by atoms with Gasteiger partial charge in [-0.25, -0.2) is 0 Å². The molecule has 7 nitrogen and oxygen atoms in total. The van der Waals surface area contributed by atoms with E-state index in [-0.39, 0.29) is 18.9 Å². The van der Waals surface area contributed by atoms with Gasteiger partial charge in [0, 0.05) is 13.0 Å². The molecule has 2 aromatic carbocycles. The molecule has 156 valence electrons. The van der Waals surface area contributed by atoms with E-state index in [9.17, 15) is 9.59 Å². The fourth-order valence-electron chi connectivity index (χ4n) is 2.78. The van der Waals surface area contributed by atoms with Crippen molar-refractivity contribution >= 4 is 11.9 Å². The molecule has 29 heavy (non-hydrogen) atoms. The predicted molar refractivity (Wildman–Crippen MR) is 108 cm³/mol. The topological polar surface area (TPSA) is 83.1 Å². The number of carbonyl (C=O) groups is 2. The van der Waals surface area contributed by atoms with Crippen molar-refractivity contribution in [1.82, 2.24) is 5.32 Å². The zero-order valence-electron chi connectivity index (χ0n) is 17.2. The summed E-state index contributed by atoms with van der Waals surface area (Å²) >= 11 is 0. The van der Waals surface area contributed by atoms with Crippen LogP contribution in [-0.4, -0.2) is 39.3 Å². The van der Waals surface area contributed by atoms with Crippen LogP contribution in [0.2, 0.25) is 0 Å². The van der Waals surface area contributed by atoms with Crippen molar-refractivity contribution in [3.63, 3.8) is 0 Å². The second kappa shape index (κ2) is 10.9. The fourth-order valence-corrected chi connectivity index (χ4v) is 2.78. The van der Waals surface area contributed by atoms with Crippen LogP contribution >= 0.6 is 0 Å². The van der Waals surface area contributed by atoms with E-state index >= 15 is 0 Å². The molecule has 0 heterocycles. The Kier molecular flexibility index (Phi) is 8.33. The highest BCUT2D eigenvalue weighted by Crippen LogP contribution is 2.27. The third-order valence-corrected chi connectivity index (χ3v) is 4.38. The molecule has 0 fully saturated rings. The number of hydrogen-bond acceptors (Lipinski definition) is 6. The molecule has 0 aliphatic heterocycles. The number of carbonyl (C=O) groups excluding carboxylic acids is 2. The minimum absolute atomic E-state index is 0.160. The van der Waals surface area contributed by atoms with Gasteiger partial charge in [0.05, 0.1) is 21.3 Å². The molecule has 1 atom stereocenters. The number of esters is 1. The molecule has 0 aliphatic carbocycles. The zero-order chi connectivity index (χ0) is 21.2. The predicted octanol–water partition coefficient (Wildman–Crippen LogP) is 2.89. The standard InChI is InChI=1S/C22H27NO6/c1-15(29-21(24)12-10-17-7-5-6-8-18(17)26-2)22(25)23-14-16-9-11-19(27-3)20(13-16)28-4/h5-9,11,13,15H,10,12,14H2,1-4H3,(H,23,25)/t15-/m1/s1. The average molecular weight is 401 g/mol. The molecule has 0 saturated heterocycles. The number of rotatable bonds is 10. The Balaban J connectivity index is 1.81. The van der Waals surface area contributed by atoms with Crippen LogP contribution in [0.1, 0.15) is 24.5 Å². The smallest absolute Gasteiger partial charge is 0.306 e. The summed E-state index contributed by atoms with van der Waals surface area (Å²) in [6.45, 7) is 1.83. The number of amides is 1. The average Bonchev–Trinajstić information content (AvgIpc) is 2.75. The van der Waals surface area contributed by atoms with Crippen molar-refractivity contribution in [2.75, 3.05) is 21.3 Å². The largest absolute Gasteiger partial charge is 0.496 e. The summed E-state index contributed by atoms with van der Waals surface area (Å²) in [4.78, 5) is 24.3. The summed E-state index contributed by atoms with van der Waals surface area (Å²) in [5.74, 6) is 1.10. The highest BCUT2D eigenvalue weighted by Gasteiger charge is 2.18. The van der Waals surface area contributed by atoms with Gasteiger partial charge in [0.15, 0.2) is 17.6 Å². The van der Waals surface area contributed by atoms with Gasteiger partial charge in [-0.2, -0.15) is 0 Å².